The monoisotopic (exact) mass is 494 g/mol. The number of rotatable bonds is 13. The molecule has 37 heavy (non-hydrogen) atoms. The molecule has 0 saturated carbocycles. The first-order valence-corrected chi connectivity index (χ1v) is 13.2. The number of hydrogen-bond donors (Lipinski definition) is 1. The number of nitrogens with one attached hydrogen (secondary N) is 1. The minimum atomic E-state index is 0.465. The topological polar surface area (TPSA) is 43.4 Å². The lowest BCUT2D eigenvalue weighted by molar-refractivity contribution is 0.105. The Labute approximate surface area is 221 Å². The Morgan fingerprint density at radius 2 is 1.68 bits per heavy atom. The van der Waals surface area contributed by atoms with Crippen LogP contribution < -0.4 is 10.1 Å². The normalized spacial score (nSPS) is 11.0. The SMILES string of the molecule is C=C(COc1c(C)cccc1CCc1cccc(COCc2cc(CCC)c3ccccc3n2)c1)NC. The number of nitrogens with zero attached hydrogens (tertiary/aromatic N) is 1. The molecule has 0 spiro atoms. The standard InChI is InChI=1S/C33H38N2O2/c1-5-10-29-20-30(35-32-16-7-6-15-31(29)32)23-36-22-27-13-9-12-26(19-27)17-18-28-14-8-11-24(2)33(28)37-21-25(3)34-4/h6-9,11-16,19-20,34H,3,5,10,17-18,21-23H2,1-2,4H3. The second-order valence-electron chi connectivity index (χ2n) is 9.56. The fourth-order valence-corrected chi connectivity index (χ4v) is 4.63. The van der Waals surface area contributed by atoms with E-state index in [1.54, 1.807) is 0 Å². The molecule has 4 aromatic rings. The quantitative estimate of drug-likeness (QED) is 0.215. The third kappa shape index (κ3) is 7.21. The van der Waals surface area contributed by atoms with Gasteiger partial charge in [-0.25, -0.2) is 0 Å². The van der Waals surface area contributed by atoms with Gasteiger partial charge in [0.05, 0.1) is 24.4 Å². The number of pyridine rings is 1. The summed E-state index contributed by atoms with van der Waals surface area (Å²) in [6.45, 7) is 9.81. The number of aryl methyl sites for hydroxylation is 4. The lowest BCUT2D eigenvalue weighted by Gasteiger charge is -2.15. The van der Waals surface area contributed by atoms with E-state index in [1.807, 2.05) is 13.1 Å². The molecule has 4 heteroatoms. The van der Waals surface area contributed by atoms with Crippen molar-refractivity contribution >= 4 is 10.9 Å². The number of fused-ring (bicyclic) bond motifs is 1. The van der Waals surface area contributed by atoms with Crippen LogP contribution in [0.15, 0.2) is 85.1 Å². The van der Waals surface area contributed by atoms with Gasteiger partial charge in [-0.1, -0.05) is 80.6 Å². The molecule has 0 saturated heterocycles. The number of likely N-dealkylation sites (N-methyl/N-ethyl adjacent to an activating group) is 1. The van der Waals surface area contributed by atoms with Gasteiger partial charge in [0.1, 0.15) is 12.4 Å². The molecular weight excluding hydrogens is 456 g/mol. The Bertz CT molecular complexity index is 1350. The molecule has 4 rings (SSSR count). The summed E-state index contributed by atoms with van der Waals surface area (Å²) in [6.07, 6.45) is 4.01. The van der Waals surface area contributed by atoms with E-state index in [2.05, 4.69) is 92.5 Å². The van der Waals surface area contributed by atoms with Gasteiger partial charge in [0, 0.05) is 18.1 Å². The molecule has 0 radical (unpaired) electrons. The first-order chi connectivity index (χ1) is 18.1. The lowest BCUT2D eigenvalue weighted by Crippen LogP contribution is -2.13. The van der Waals surface area contributed by atoms with Crippen molar-refractivity contribution in [3.63, 3.8) is 0 Å². The van der Waals surface area contributed by atoms with Gasteiger partial charge in [-0.2, -0.15) is 0 Å². The van der Waals surface area contributed by atoms with E-state index in [0.717, 1.165) is 53.9 Å². The van der Waals surface area contributed by atoms with E-state index in [0.29, 0.717) is 19.8 Å². The molecule has 1 heterocycles. The summed E-state index contributed by atoms with van der Waals surface area (Å²) >= 11 is 0. The molecule has 0 bridgehead atoms. The van der Waals surface area contributed by atoms with E-state index in [9.17, 15) is 0 Å². The molecule has 4 nitrogen and oxygen atoms in total. The molecule has 1 aromatic heterocycles. The van der Waals surface area contributed by atoms with Crippen LogP contribution in [0.3, 0.4) is 0 Å². The maximum Gasteiger partial charge on any atom is 0.127 e. The van der Waals surface area contributed by atoms with Crippen LogP contribution in [0.2, 0.25) is 0 Å². The minimum Gasteiger partial charge on any atom is -0.487 e. The van der Waals surface area contributed by atoms with Gasteiger partial charge in [0.15, 0.2) is 0 Å². The molecule has 0 fully saturated rings. The Balaban J connectivity index is 1.37. The zero-order valence-corrected chi connectivity index (χ0v) is 22.3. The maximum absolute atomic E-state index is 6.11. The fourth-order valence-electron chi connectivity index (χ4n) is 4.63. The van der Waals surface area contributed by atoms with Gasteiger partial charge in [-0.3, -0.25) is 4.98 Å². The van der Waals surface area contributed by atoms with Crippen molar-refractivity contribution in [2.45, 2.75) is 52.7 Å². The Hall–Kier alpha value is -3.63. The average Bonchev–Trinajstić information content (AvgIpc) is 2.91. The van der Waals surface area contributed by atoms with Crippen molar-refractivity contribution in [1.82, 2.24) is 10.3 Å². The molecule has 192 valence electrons. The number of para-hydroxylation sites is 2. The van der Waals surface area contributed by atoms with Crippen molar-refractivity contribution in [3.8, 4) is 5.75 Å². The number of ether oxygens (including phenoxy) is 2. The largest absolute Gasteiger partial charge is 0.487 e. The number of hydrogen-bond acceptors (Lipinski definition) is 4. The summed E-state index contributed by atoms with van der Waals surface area (Å²) in [6, 6.07) is 25.6. The van der Waals surface area contributed by atoms with Crippen LogP contribution in [0.5, 0.6) is 5.75 Å². The van der Waals surface area contributed by atoms with Crippen LogP contribution in [0.25, 0.3) is 10.9 Å². The van der Waals surface area contributed by atoms with E-state index in [1.165, 1.54) is 27.6 Å². The van der Waals surface area contributed by atoms with Gasteiger partial charge >= 0.3 is 0 Å². The summed E-state index contributed by atoms with van der Waals surface area (Å²) in [5.41, 5.74) is 9.09. The molecule has 0 atom stereocenters. The zero-order valence-electron chi connectivity index (χ0n) is 22.3. The average molecular weight is 495 g/mol. The van der Waals surface area contributed by atoms with Crippen LogP contribution in [-0.2, 0) is 37.2 Å². The molecule has 0 aliphatic carbocycles. The second-order valence-corrected chi connectivity index (χ2v) is 9.56. The Kier molecular flexibility index (Phi) is 9.34. The third-order valence-corrected chi connectivity index (χ3v) is 6.61. The van der Waals surface area contributed by atoms with E-state index in [4.69, 9.17) is 14.5 Å². The maximum atomic E-state index is 6.11. The predicted octanol–water partition coefficient (Wildman–Crippen LogP) is 7.11. The van der Waals surface area contributed by atoms with Gasteiger partial charge in [-0.05, 0) is 66.1 Å². The highest BCUT2D eigenvalue weighted by Crippen LogP contribution is 2.26. The zero-order chi connectivity index (χ0) is 26.0. The van der Waals surface area contributed by atoms with Gasteiger partial charge in [-0.15, -0.1) is 0 Å². The first-order valence-electron chi connectivity index (χ1n) is 13.2. The van der Waals surface area contributed by atoms with E-state index < -0.39 is 0 Å². The summed E-state index contributed by atoms with van der Waals surface area (Å²) in [5.74, 6) is 0.962. The van der Waals surface area contributed by atoms with Gasteiger partial charge in [0.2, 0.25) is 0 Å². The van der Waals surface area contributed by atoms with Crippen molar-refractivity contribution in [2.24, 2.45) is 0 Å². The molecule has 0 amide bonds. The molecule has 3 aromatic carbocycles. The van der Waals surface area contributed by atoms with Crippen molar-refractivity contribution in [2.75, 3.05) is 13.7 Å². The summed E-state index contributed by atoms with van der Waals surface area (Å²) < 4.78 is 12.2. The van der Waals surface area contributed by atoms with E-state index in [-0.39, 0.29) is 0 Å². The fraction of sp³-hybridized carbons (Fsp3) is 0.303. The molecule has 0 aliphatic rings. The van der Waals surface area contributed by atoms with Crippen LogP contribution in [0.1, 0.15) is 46.9 Å². The van der Waals surface area contributed by atoms with Crippen molar-refractivity contribution in [3.05, 3.63) is 119 Å². The summed E-state index contributed by atoms with van der Waals surface area (Å²) in [7, 11) is 1.86. The van der Waals surface area contributed by atoms with Crippen LogP contribution in [0.4, 0.5) is 0 Å². The lowest BCUT2D eigenvalue weighted by atomic mass is 10.0. The predicted molar refractivity (Wildman–Crippen MR) is 153 cm³/mol. The minimum absolute atomic E-state index is 0.465. The van der Waals surface area contributed by atoms with Crippen LogP contribution in [-0.4, -0.2) is 18.6 Å². The number of benzene rings is 3. The highest BCUT2D eigenvalue weighted by molar-refractivity contribution is 5.82. The molecular formula is C33H38N2O2. The summed E-state index contributed by atoms with van der Waals surface area (Å²) in [5, 5.41) is 4.29. The third-order valence-electron chi connectivity index (χ3n) is 6.61. The molecule has 0 unspecified atom stereocenters. The molecule has 0 aliphatic heterocycles. The highest BCUT2D eigenvalue weighted by Gasteiger charge is 2.09. The Morgan fingerprint density at radius 1 is 0.865 bits per heavy atom. The number of aromatic nitrogens is 1. The van der Waals surface area contributed by atoms with Crippen LogP contribution in [0, 0.1) is 6.92 Å². The van der Waals surface area contributed by atoms with E-state index >= 15 is 0 Å². The molecule has 1 N–H and O–H groups in total. The summed E-state index contributed by atoms with van der Waals surface area (Å²) in [4.78, 5) is 4.83. The first kappa shape index (κ1) is 26.4. The van der Waals surface area contributed by atoms with Gasteiger partial charge < -0.3 is 14.8 Å². The van der Waals surface area contributed by atoms with Crippen molar-refractivity contribution in [1.29, 1.82) is 0 Å². The van der Waals surface area contributed by atoms with Crippen LogP contribution >= 0.6 is 0 Å². The Morgan fingerprint density at radius 3 is 2.51 bits per heavy atom. The second kappa shape index (κ2) is 13.1. The smallest absolute Gasteiger partial charge is 0.127 e. The van der Waals surface area contributed by atoms with Crippen molar-refractivity contribution < 1.29 is 9.47 Å². The highest BCUT2D eigenvalue weighted by atomic mass is 16.5. The van der Waals surface area contributed by atoms with Gasteiger partial charge in [0.25, 0.3) is 0 Å².